The summed E-state index contributed by atoms with van der Waals surface area (Å²) in [5, 5.41) is 0. The van der Waals surface area contributed by atoms with Gasteiger partial charge >= 0.3 is 0 Å². The largest absolute Gasteiger partial charge is 0.493 e. The van der Waals surface area contributed by atoms with Crippen LogP contribution in [0.25, 0.3) is 11.4 Å². The summed E-state index contributed by atoms with van der Waals surface area (Å²) in [4.78, 5) is 10.7. The Balaban J connectivity index is 0.718. The molecule has 368 valence electrons. The maximum Gasteiger partial charge on any atom is 0.125 e. The molecule has 6 aromatic rings. The first-order valence-electron chi connectivity index (χ1n) is 26.3. The van der Waals surface area contributed by atoms with E-state index in [1.165, 1.54) is 148 Å². The molecule has 0 aliphatic carbocycles. The van der Waals surface area contributed by atoms with Crippen molar-refractivity contribution in [1.29, 1.82) is 0 Å². The van der Waals surface area contributed by atoms with Crippen molar-refractivity contribution in [2.75, 3.05) is 26.3 Å². The summed E-state index contributed by atoms with van der Waals surface area (Å²) in [6, 6.07) is 29.0. The molecule has 4 aliphatic rings. The molecule has 0 N–H and O–H groups in total. The number of hydrogen-bond donors (Lipinski definition) is 0. The average molecular weight is 1010 g/mol. The molecule has 4 aromatic carbocycles. The summed E-state index contributed by atoms with van der Waals surface area (Å²) in [5.74, 6) is 2.16. The predicted molar refractivity (Wildman–Crippen MR) is 298 cm³/mol. The highest BCUT2D eigenvalue weighted by Gasteiger charge is 2.31. The van der Waals surface area contributed by atoms with Crippen molar-refractivity contribution in [2.24, 2.45) is 0 Å². The maximum atomic E-state index is 6.26. The van der Waals surface area contributed by atoms with Gasteiger partial charge in [0.05, 0.1) is 21.7 Å². The molecule has 10 rings (SSSR count). The number of fused-ring (bicyclic) bond motifs is 2. The fourth-order valence-corrected chi connectivity index (χ4v) is 16.5. The van der Waals surface area contributed by atoms with Gasteiger partial charge in [-0.2, -0.15) is 0 Å². The van der Waals surface area contributed by atoms with Crippen molar-refractivity contribution in [3.63, 3.8) is 0 Å². The molecule has 0 saturated carbocycles. The molecule has 2 saturated heterocycles. The SMILES string of the molecule is CCCCCCOc1c(C)cc(CN2CCCC2c2ccc(-n3cc4c(c3)SC(=C3Sc5cn(-c6ccc(C7CCCN7Cc7cc(C)c(OCCCCCC)c(C)c7)cc6)cc5S3)S4)cc2)cc1C. The first-order chi connectivity index (χ1) is 34.2. The van der Waals surface area contributed by atoms with E-state index in [0.29, 0.717) is 12.1 Å². The molecule has 4 aliphatic heterocycles. The fourth-order valence-electron chi connectivity index (χ4n) is 11.2. The zero-order valence-electron chi connectivity index (χ0n) is 42.4. The third-order valence-electron chi connectivity index (χ3n) is 14.7. The fraction of sp³-hybridized carbons (Fsp3) is 0.433. The van der Waals surface area contributed by atoms with Crippen LogP contribution in [0.15, 0.2) is 126 Å². The molecule has 2 atom stereocenters. The zero-order chi connectivity index (χ0) is 48.1. The highest BCUT2D eigenvalue weighted by Crippen LogP contribution is 2.62. The van der Waals surface area contributed by atoms with Crippen LogP contribution < -0.4 is 9.47 Å². The van der Waals surface area contributed by atoms with Crippen LogP contribution in [0.3, 0.4) is 0 Å². The van der Waals surface area contributed by atoms with Crippen molar-refractivity contribution >= 4 is 47.0 Å². The quantitative estimate of drug-likeness (QED) is 0.0700. The lowest BCUT2D eigenvalue weighted by Crippen LogP contribution is -2.23. The monoisotopic (exact) mass is 1010 g/mol. The number of benzene rings is 4. The number of hydrogen-bond acceptors (Lipinski definition) is 8. The summed E-state index contributed by atoms with van der Waals surface area (Å²) < 4.78 is 20.0. The minimum Gasteiger partial charge on any atom is -0.493 e. The van der Waals surface area contributed by atoms with Crippen molar-refractivity contribution in [3.8, 4) is 22.9 Å². The number of likely N-dealkylation sites (tertiary alicyclic amines) is 2. The Bertz CT molecular complexity index is 2510. The molecule has 10 heteroatoms. The Labute approximate surface area is 435 Å². The first kappa shape index (κ1) is 49.7. The average Bonchev–Trinajstić information content (AvgIpc) is 4.22. The third kappa shape index (κ3) is 11.3. The van der Waals surface area contributed by atoms with Crippen LogP contribution in [-0.2, 0) is 13.1 Å². The Kier molecular flexibility index (Phi) is 16.2. The van der Waals surface area contributed by atoms with Crippen LogP contribution in [0.1, 0.15) is 147 Å². The Morgan fingerprint density at radius 1 is 0.471 bits per heavy atom. The Hall–Kier alpha value is -3.90. The summed E-state index contributed by atoms with van der Waals surface area (Å²) in [7, 11) is 0. The molecule has 2 fully saturated rings. The molecule has 0 amide bonds. The van der Waals surface area contributed by atoms with E-state index >= 15 is 0 Å². The molecule has 6 heterocycles. The van der Waals surface area contributed by atoms with Crippen LogP contribution in [0.4, 0.5) is 0 Å². The van der Waals surface area contributed by atoms with Gasteiger partial charge in [0.15, 0.2) is 0 Å². The number of thioether (sulfide) groups is 4. The van der Waals surface area contributed by atoms with Gasteiger partial charge < -0.3 is 18.6 Å². The molecule has 70 heavy (non-hydrogen) atoms. The van der Waals surface area contributed by atoms with Gasteiger partial charge in [-0.05, 0) is 148 Å². The van der Waals surface area contributed by atoms with Crippen molar-refractivity contribution in [3.05, 3.63) is 151 Å². The lowest BCUT2D eigenvalue weighted by Gasteiger charge is -2.26. The van der Waals surface area contributed by atoms with Crippen molar-refractivity contribution in [2.45, 2.75) is 163 Å². The highest BCUT2D eigenvalue weighted by molar-refractivity contribution is 8.30. The van der Waals surface area contributed by atoms with E-state index in [1.807, 2.05) is 47.0 Å². The molecule has 6 nitrogen and oxygen atoms in total. The number of aromatic nitrogens is 2. The van der Waals surface area contributed by atoms with E-state index < -0.39 is 0 Å². The lowest BCUT2D eigenvalue weighted by molar-refractivity contribution is 0.248. The summed E-state index contributed by atoms with van der Waals surface area (Å²) in [6.07, 6.45) is 24.0. The van der Waals surface area contributed by atoms with Gasteiger partial charge in [-0.3, -0.25) is 9.80 Å². The number of nitrogens with zero attached hydrogens (tertiary/aromatic N) is 4. The van der Waals surface area contributed by atoms with E-state index in [2.05, 4.69) is 158 Å². The van der Waals surface area contributed by atoms with E-state index in [9.17, 15) is 0 Å². The summed E-state index contributed by atoms with van der Waals surface area (Å²) in [5.41, 5.74) is 13.1. The van der Waals surface area contributed by atoms with Crippen LogP contribution in [-0.4, -0.2) is 45.2 Å². The van der Waals surface area contributed by atoms with Crippen LogP contribution in [0.2, 0.25) is 0 Å². The first-order valence-corrected chi connectivity index (χ1v) is 29.5. The summed E-state index contributed by atoms with van der Waals surface area (Å²) in [6.45, 7) is 19.2. The van der Waals surface area contributed by atoms with E-state index in [1.54, 1.807) is 0 Å². The van der Waals surface area contributed by atoms with Crippen LogP contribution in [0.5, 0.6) is 11.5 Å². The second kappa shape index (κ2) is 22.9. The summed E-state index contributed by atoms with van der Waals surface area (Å²) >= 11 is 7.71. The van der Waals surface area contributed by atoms with Gasteiger partial charge in [0.1, 0.15) is 11.5 Å². The number of rotatable bonds is 20. The number of ether oxygens (including phenoxy) is 2. The van der Waals surface area contributed by atoms with Crippen molar-refractivity contribution < 1.29 is 9.47 Å². The van der Waals surface area contributed by atoms with Gasteiger partial charge in [0.2, 0.25) is 0 Å². The molecule has 2 unspecified atom stereocenters. The van der Waals surface area contributed by atoms with E-state index in [0.717, 1.165) is 63.7 Å². The van der Waals surface area contributed by atoms with Gasteiger partial charge in [-0.1, -0.05) is 148 Å². The minimum absolute atomic E-state index is 0.450. The third-order valence-corrected chi connectivity index (χ3v) is 20.2. The smallest absolute Gasteiger partial charge is 0.125 e. The van der Waals surface area contributed by atoms with Crippen molar-refractivity contribution in [1.82, 2.24) is 18.9 Å². The Morgan fingerprint density at radius 2 is 0.829 bits per heavy atom. The van der Waals surface area contributed by atoms with Crippen LogP contribution in [0, 0.1) is 27.7 Å². The standard InChI is InChI=1S/C60H72N4O2S4/c1-7-9-11-13-29-65-57-41(3)31-45(32-42(57)4)35-61-27-15-17-51(61)47-19-23-49(24-20-47)63-37-53-54(38-63)68-59(67-53)60-69-55-39-64(40-56(55)70-60)50-25-21-48(22-26-50)52-18-16-28-62(52)36-46-33-43(5)58(44(6)34-46)66-30-14-12-10-8-2/h19-26,31-34,37-40,51-52H,7-18,27-30,35-36H2,1-6H3. The highest BCUT2D eigenvalue weighted by atomic mass is 32.2. The molecule has 0 radical (unpaired) electrons. The molecule has 2 aromatic heterocycles. The van der Waals surface area contributed by atoms with Gasteiger partial charge in [0.25, 0.3) is 0 Å². The predicted octanol–water partition coefficient (Wildman–Crippen LogP) is 17.3. The second-order valence-corrected chi connectivity index (χ2v) is 24.9. The van der Waals surface area contributed by atoms with Gasteiger partial charge in [-0.15, -0.1) is 0 Å². The molecule has 0 spiro atoms. The molecule has 0 bridgehead atoms. The van der Waals surface area contributed by atoms with Crippen LogP contribution >= 0.6 is 47.0 Å². The normalized spacial score (nSPS) is 18.1. The topological polar surface area (TPSA) is 34.8 Å². The van der Waals surface area contributed by atoms with Gasteiger partial charge in [0, 0.05) is 80.9 Å². The second-order valence-electron chi connectivity index (χ2n) is 20.1. The number of aryl methyl sites for hydroxylation is 4. The lowest BCUT2D eigenvalue weighted by atomic mass is 10.0. The van der Waals surface area contributed by atoms with E-state index in [-0.39, 0.29) is 0 Å². The molecular weight excluding hydrogens is 937 g/mol. The van der Waals surface area contributed by atoms with Gasteiger partial charge in [-0.25, -0.2) is 0 Å². The zero-order valence-corrected chi connectivity index (χ0v) is 45.6. The number of unbranched alkanes of at least 4 members (excludes halogenated alkanes) is 6. The van der Waals surface area contributed by atoms with E-state index in [4.69, 9.17) is 9.47 Å². The molecular formula is C60H72N4O2S4. The maximum absolute atomic E-state index is 6.26. The minimum atomic E-state index is 0.450. The Morgan fingerprint density at radius 3 is 1.17 bits per heavy atom.